The molecule has 1 heterocycles. The maximum absolute atomic E-state index is 5.27. The van der Waals surface area contributed by atoms with E-state index in [0.29, 0.717) is 19.8 Å². The Morgan fingerprint density at radius 2 is 2.55 bits per heavy atom. The van der Waals surface area contributed by atoms with Crippen LogP contribution < -0.4 is 5.73 Å². The number of hydrogen-bond donors (Lipinski definition) is 1. The molecule has 0 saturated carbocycles. The standard InChI is InChI=1S/C7H12N2O2/c8-3-1-4-10-6-7-2-5-11-9-7/h2,5H,1,3-4,6,8H2. The van der Waals surface area contributed by atoms with E-state index in [0.717, 1.165) is 12.1 Å². The van der Waals surface area contributed by atoms with Gasteiger partial charge in [0.15, 0.2) is 0 Å². The van der Waals surface area contributed by atoms with E-state index in [2.05, 4.69) is 9.68 Å². The molecule has 1 aromatic rings. The van der Waals surface area contributed by atoms with Crippen LogP contribution in [-0.4, -0.2) is 18.3 Å². The lowest BCUT2D eigenvalue weighted by Gasteiger charge is -1.98. The van der Waals surface area contributed by atoms with Crippen molar-refractivity contribution in [3.05, 3.63) is 18.0 Å². The smallest absolute Gasteiger partial charge is 0.124 e. The van der Waals surface area contributed by atoms with E-state index in [9.17, 15) is 0 Å². The van der Waals surface area contributed by atoms with Gasteiger partial charge in [-0.2, -0.15) is 0 Å². The summed E-state index contributed by atoms with van der Waals surface area (Å²) in [5.74, 6) is 0. The predicted octanol–water partition coefficient (Wildman–Crippen LogP) is 0.540. The molecule has 0 bridgehead atoms. The van der Waals surface area contributed by atoms with Crippen LogP contribution in [0.1, 0.15) is 12.1 Å². The Labute approximate surface area is 65.3 Å². The third-order valence-electron chi connectivity index (χ3n) is 1.23. The minimum atomic E-state index is 0.510. The van der Waals surface area contributed by atoms with Gasteiger partial charge in [-0.05, 0) is 13.0 Å². The van der Waals surface area contributed by atoms with Gasteiger partial charge in [-0.1, -0.05) is 5.16 Å². The van der Waals surface area contributed by atoms with Gasteiger partial charge in [0, 0.05) is 12.7 Å². The maximum Gasteiger partial charge on any atom is 0.124 e. The number of aromatic nitrogens is 1. The molecule has 0 amide bonds. The van der Waals surface area contributed by atoms with Gasteiger partial charge >= 0.3 is 0 Å². The second kappa shape index (κ2) is 4.87. The lowest BCUT2D eigenvalue weighted by Crippen LogP contribution is -2.04. The molecular weight excluding hydrogens is 144 g/mol. The normalized spacial score (nSPS) is 10.3. The first-order valence-corrected chi connectivity index (χ1v) is 3.60. The summed E-state index contributed by atoms with van der Waals surface area (Å²) in [4.78, 5) is 0. The summed E-state index contributed by atoms with van der Waals surface area (Å²) in [6.45, 7) is 1.86. The van der Waals surface area contributed by atoms with Crippen molar-refractivity contribution in [2.45, 2.75) is 13.0 Å². The van der Waals surface area contributed by atoms with Gasteiger partial charge in [0.25, 0.3) is 0 Å². The Morgan fingerprint density at radius 3 is 3.18 bits per heavy atom. The molecule has 0 radical (unpaired) electrons. The van der Waals surface area contributed by atoms with Gasteiger partial charge in [0.1, 0.15) is 12.0 Å². The molecule has 0 atom stereocenters. The van der Waals surface area contributed by atoms with E-state index < -0.39 is 0 Å². The largest absolute Gasteiger partial charge is 0.375 e. The van der Waals surface area contributed by atoms with Crippen molar-refractivity contribution >= 4 is 0 Å². The topological polar surface area (TPSA) is 61.3 Å². The van der Waals surface area contributed by atoms with Crippen molar-refractivity contribution in [2.75, 3.05) is 13.2 Å². The molecule has 4 heteroatoms. The van der Waals surface area contributed by atoms with E-state index in [4.69, 9.17) is 10.5 Å². The number of hydrogen-bond acceptors (Lipinski definition) is 4. The highest BCUT2D eigenvalue weighted by Gasteiger charge is 1.94. The Morgan fingerprint density at radius 1 is 1.64 bits per heavy atom. The molecule has 0 saturated heterocycles. The van der Waals surface area contributed by atoms with Crippen LogP contribution in [-0.2, 0) is 11.3 Å². The number of nitrogens with zero attached hydrogens (tertiary/aromatic N) is 1. The first kappa shape index (κ1) is 8.23. The summed E-state index contributed by atoms with van der Waals surface area (Å²) in [5, 5.41) is 3.68. The highest BCUT2D eigenvalue weighted by Crippen LogP contribution is 1.96. The SMILES string of the molecule is NCCCOCc1ccon1. The molecule has 2 N–H and O–H groups in total. The lowest BCUT2D eigenvalue weighted by molar-refractivity contribution is 0.115. The summed E-state index contributed by atoms with van der Waals surface area (Å²) in [7, 11) is 0. The Bertz CT molecular complexity index is 175. The molecule has 0 aliphatic rings. The average Bonchev–Trinajstić information content (AvgIpc) is 2.50. The molecule has 0 aromatic carbocycles. The van der Waals surface area contributed by atoms with Crippen LogP contribution in [0.4, 0.5) is 0 Å². The Balaban J connectivity index is 2.04. The third kappa shape index (κ3) is 3.15. The van der Waals surface area contributed by atoms with Crippen molar-refractivity contribution in [1.29, 1.82) is 0 Å². The summed E-state index contributed by atoms with van der Waals surface area (Å²) in [6, 6.07) is 1.78. The van der Waals surface area contributed by atoms with Crippen LogP contribution in [0.2, 0.25) is 0 Å². The van der Waals surface area contributed by atoms with Crippen LogP contribution in [0.5, 0.6) is 0 Å². The molecule has 0 spiro atoms. The molecule has 0 unspecified atom stereocenters. The highest BCUT2D eigenvalue weighted by molar-refractivity contribution is 4.92. The minimum absolute atomic E-state index is 0.510. The van der Waals surface area contributed by atoms with Crippen molar-refractivity contribution in [3.8, 4) is 0 Å². The summed E-state index contributed by atoms with van der Waals surface area (Å²) >= 11 is 0. The van der Waals surface area contributed by atoms with E-state index in [1.54, 1.807) is 6.07 Å². The van der Waals surface area contributed by atoms with Gasteiger partial charge in [-0.25, -0.2) is 0 Å². The van der Waals surface area contributed by atoms with Gasteiger partial charge in [0.05, 0.1) is 6.61 Å². The molecule has 0 aliphatic heterocycles. The van der Waals surface area contributed by atoms with E-state index in [1.165, 1.54) is 6.26 Å². The molecule has 62 valence electrons. The monoisotopic (exact) mass is 156 g/mol. The zero-order valence-electron chi connectivity index (χ0n) is 6.32. The van der Waals surface area contributed by atoms with E-state index in [1.807, 2.05) is 0 Å². The fourth-order valence-electron chi connectivity index (χ4n) is 0.674. The van der Waals surface area contributed by atoms with Crippen molar-refractivity contribution < 1.29 is 9.26 Å². The fourth-order valence-corrected chi connectivity index (χ4v) is 0.674. The van der Waals surface area contributed by atoms with Crippen LogP contribution >= 0.6 is 0 Å². The molecule has 0 fully saturated rings. The molecule has 4 nitrogen and oxygen atoms in total. The predicted molar refractivity (Wildman–Crippen MR) is 39.8 cm³/mol. The van der Waals surface area contributed by atoms with Gasteiger partial charge in [0.2, 0.25) is 0 Å². The first-order valence-electron chi connectivity index (χ1n) is 3.60. The molecule has 1 aromatic heterocycles. The van der Waals surface area contributed by atoms with Crippen LogP contribution in [0.3, 0.4) is 0 Å². The summed E-state index contributed by atoms with van der Waals surface area (Å²) in [5.41, 5.74) is 6.10. The van der Waals surface area contributed by atoms with E-state index >= 15 is 0 Å². The second-order valence-corrected chi connectivity index (χ2v) is 2.19. The molecule has 11 heavy (non-hydrogen) atoms. The highest BCUT2D eigenvalue weighted by atomic mass is 16.5. The average molecular weight is 156 g/mol. The summed E-state index contributed by atoms with van der Waals surface area (Å²) < 4.78 is 9.83. The lowest BCUT2D eigenvalue weighted by atomic mass is 10.4. The fraction of sp³-hybridized carbons (Fsp3) is 0.571. The van der Waals surface area contributed by atoms with Crippen molar-refractivity contribution in [3.63, 3.8) is 0 Å². The van der Waals surface area contributed by atoms with Gasteiger partial charge in [-0.15, -0.1) is 0 Å². The minimum Gasteiger partial charge on any atom is -0.375 e. The second-order valence-electron chi connectivity index (χ2n) is 2.19. The molecular formula is C7H12N2O2. The third-order valence-corrected chi connectivity index (χ3v) is 1.23. The van der Waals surface area contributed by atoms with Crippen molar-refractivity contribution in [2.24, 2.45) is 5.73 Å². The quantitative estimate of drug-likeness (QED) is 0.632. The zero-order valence-corrected chi connectivity index (χ0v) is 6.32. The van der Waals surface area contributed by atoms with Crippen LogP contribution in [0.25, 0.3) is 0 Å². The van der Waals surface area contributed by atoms with E-state index in [-0.39, 0.29) is 0 Å². The maximum atomic E-state index is 5.27. The van der Waals surface area contributed by atoms with Crippen molar-refractivity contribution in [1.82, 2.24) is 5.16 Å². The van der Waals surface area contributed by atoms with Crippen LogP contribution in [0, 0.1) is 0 Å². The number of rotatable bonds is 5. The Hall–Kier alpha value is -0.870. The zero-order chi connectivity index (χ0) is 7.94. The van der Waals surface area contributed by atoms with Gasteiger partial charge in [-0.3, -0.25) is 0 Å². The first-order chi connectivity index (χ1) is 5.43. The Kier molecular flexibility index (Phi) is 3.64. The van der Waals surface area contributed by atoms with Gasteiger partial charge < -0.3 is 15.0 Å². The molecule has 1 rings (SSSR count). The summed E-state index contributed by atoms with van der Waals surface area (Å²) in [6.07, 6.45) is 2.42. The van der Waals surface area contributed by atoms with Crippen LogP contribution in [0.15, 0.2) is 16.9 Å². The molecule has 0 aliphatic carbocycles. The number of nitrogens with two attached hydrogens (primary N) is 1. The number of ether oxygens (including phenoxy) is 1.